The first-order valence-electron chi connectivity index (χ1n) is 6.74. The minimum atomic E-state index is 0.489. The van der Waals surface area contributed by atoms with E-state index >= 15 is 0 Å². The van der Waals surface area contributed by atoms with Crippen molar-refractivity contribution in [2.45, 2.75) is 45.6 Å². The number of hydrogen-bond donors (Lipinski definition) is 1. The van der Waals surface area contributed by atoms with Crippen LogP contribution >= 0.6 is 27.5 Å². The van der Waals surface area contributed by atoms with E-state index in [-0.39, 0.29) is 0 Å². The minimum absolute atomic E-state index is 0.489. The van der Waals surface area contributed by atoms with Crippen molar-refractivity contribution in [2.75, 3.05) is 6.54 Å². The lowest BCUT2D eigenvalue weighted by Crippen LogP contribution is -2.33. The first kappa shape index (κ1) is 14.4. The van der Waals surface area contributed by atoms with Gasteiger partial charge >= 0.3 is 0 Å². The number of halogens is 2. The van der Waals surface area contributed by atoms with E-state index in [9.17, 15) is 0 Å². The van der Waals surface area contributed by atoms with Gasteiger partial charge in [-0.15, -0.1) is 0 Å². The van der Waals surface area contributed by atoms with Crippen LogP contribution in [0.1, 0.15) is 44.6 Å². The molecule has 1 nitrogen and oxygen atoms in total. The Morgan fingerprint density at radius 3 is 2.72 bits per heavy atom. The summed E-state index contributed by atoms with van der Waals surface area (Å²) in [5.74, 6) is 0. The van der Waals surface area contributed by atoms with Gasteiger partial charge in [0.05, 0.1) is 0 Å². The molecule has 1 saturated carbocycles. The molecule has 1 aromatic carbocycles. The highest BCUT2D eigenvalue weighted by Gasteiger charge is 2.25. The zero-order chi connectivity index (χ0) is 13.0. The predicted octanol–water partition coefficient (Wildman–Crippen LogP) is 5.16. The first-order chi connectivity index (χ1) is 8.59. The summed E-state index contributed by atoms with van der Waals surface area (Å²) in [5.41, 5.74) is 1.73. The molecule has 0 radical (unpaired) electrons. The van der Waals surface area contributed by atoms with Crippen molar-refractivity contribution < 1.29 is 0 Å². The summed E-state index contributed by atoms with van der Waals surface area (Å²) in [5, 5.41) is 4.40. The van der Waals surface area contributed by atoms with Crippen LogP contribution < -0.4 is 5.32 Å². The van der Waals surface area contributed by atoms with Gasteiger partial charge in [-0.3, -0.25) is 0 Å². The Kier molecular flexibility index (Phi) is 5.11. The monoisotopic (exact) mass is 329 g/mol. The number of hydrogen-bond acceptors (Lipinski definition) is 1. The fraction of sp³-hybridized carbons (Fsp3) is 0.600. The van der Waals surface area contributed by atoms with E-state index in [4.69, 9.17) is 11.6 Å². The van der Waals surface area contributed by atoms with Crippen molar-refractivity contribution in [3.05, 3.63) is 33.3 Å². The highest BCUT2D eigenvalue weighted by atomic mass is 79.9. The predicted molar refractivity (Wildman–Crippen MR) is 82.1 cm³/mol. The van der Waals surface area contributed by atoms with Gasteiger partial charge in [-0.05, 0) is 42.0 Å². The molecule has 0 aromatic heterocycles. The maximum absolute atomic E-state index is 6.02. The van der Waals surface area contributed by atoms with Crippen molar-refractivity contribution in [1.29, 1.82) is 0 Å². The quantitative estimate of drug-likeness (QED) is 0.803. The molecule has 0 atom stereocenters. The standard InChI is InChI=1S/C15H21BrClN/c1-15(7-3-2-4-8-15)11-18-10-12-9-13(17)5-6-14(12)16/h5-6,9,18H,2-4,7-8,10-11H2,1H3. The molecule has 1 aromatic rings. The molecule has 1 N–H and O–H groups in total. The summed E-state index contributed by atoms with van der Waals surface area (Å²) in [4.78, 5) is 0. The lowest BCUT2D eigenvalue weighted by Gasteiger charge is -2.33. The third-order valence-corrected chi connectivity index (χ3v) is 4.94. The van der Waals surface area contributed by atoms with Gasteiger partial charge in [0.2, 0.25) is 0 Å². The number of benzene rings is 1. The fourth-order valence-electron chi connectivity index (χ4n) is 2.76. The first-order valence-corrected chi connectivity index (χ1v) is 7.91. The summed E-state index contributed by atoms with van der Waals surface area (Å²) in [7, 11) is 0. The second-order valence-electron chi connectivity index (χ2n) is 5.71. The molecule has 2 rings (SSSR count). The average molecular weight is 331 g/mol. The molecular weight excluding hydrogens is 310 g/mol. The summed E-state index contributed by atoms with van der Waals surface area (Å²) < 4.78 is 1.13. The van der Waals surface area contributed by atoms with Crippen LogP contribution in [0.15, 0.2) is 22.7 Å². The fourth-order valence-corrected chi connectivity index (χ4v) is 3.34. The van der Waals surface area contributed by atoms with Crippen LogP contribution in [0.5, 0.6) is 0 Å². The van der Waals surface area contributed by atoms with E-state index in [1.165, 1.54) is 37.7 Å². The van der Waals surface area contributed by atoms with Crippen molar-refractivity contribution >= 4 is 27.5 Å². The Morgan fingerprint density at radius 1 is 1.28 bits per heavy atom. The maximum Gasteiger partial charge on any atom is 0.0410 e. The Balaban J connectivity index is 1.86. The third kappa shape index (κ3) is 3.97. The van der Waals surface area contributed by atoms with Gasteiger partial charge in [0.25, 0.3) is 0 Å². The molecule has 0 unspecified atom stereocenters. The zero-order valence-corrected chi connectivity index (χ0v) is 13.3. The van der Waals surface area contributed by atoms with Gasteiger partial charge < -0.3 is 5.32 Å². The molecule has 3 heteroatoms. The van der Waals surface area contributed by atoms with E-state index in [1.54, 1.807) is 0 Å². The van der Waals surface area contributed by atoms with E-state index in [0.717, 1.165) is 22.6 Å². The van der Waals surface area contributed by atoms with Crippen LogP contribution in [-0.2, 0) is 6.54 Å². The molecule has 0 aliphatic heterocycles. The van der Waals surface area contributed by atoms with Gasteiger partial charge in [-0.25, -0.2) is 0 Å². The Morgan fingerprint density at radius 2 is 2.00 bits per heavy atom. The Bertz CT molecular complexity index is 399. The summed E-state index contributed by atoms with van der Waals surface area (Å²) in [6.45, 7) is 4.40. The molecule has 0 amide bonds. The van der Waals surface area contributed by atoms with Gasteiger partial charge in [-0.1, -0.05) is 53.7 Å². The Hall–Kier alpha value is -0.0500. The average Bonchev–Trinajstić information content (AvgIpc) is 2.34. The van der Waals surface area contributed by atoms with Gasteiger partial charge in [-0.2, -0.15) is 0 Å². The maximum atomic E-state index is 6.02. The number of nitrogens with one attached hydrogen (secondary N) is 1. The van der Waals surface area contributed by atoms with Gasteiger partial charge in [0, 0.05) is 22.6 Å². The van der Waals surface area contributed by atoms with E-state index in [0.29, 0.717) is 5.41 Å². The highest BCUT2D eigenvalue weighted by Crippen LogP contribution is 2.35. The molecule has 18 heavy (non-hydrogen) atoms. The van der Waals surface area contributed by atoms with Gasteiger partial charge in [0.15, 0.2) is 0 Å². The van der Waals surface area contributed by atoms with Crippen LogP contribution in [0.2, 0.25) is 5.02 Å². The zero-order valence-electron chi connectivity index (χ0n) is 10.9. The van der Waals surface area contributed by atoms with Crippen LogP contribution in [0.4, 0.5) is 0 Å². The van der Waals surface area contributed by atoms with Crippen LogP contribution in [0, 0.1) is 5.41 Å². The lowest BCUT2D eigenvalue weighted by atomic mass is 9.76. The highest BCUT2D eigenvalue weighted by molar-refractivity contribution is 9.10. The smallest absolute Gasteiger partial charge is 0.0410 e. The SMILES string of the molecule is CC1(CNCc2cc(Cl)ccc2Br)CCCCC1. The molecule has 1 fully saturated rings. The topological polar surface area (TPSA) is 12.0 Å². The normalized spacial score (nSPS) is 18.8. The molecule has 0 saturated heterocycles. The lowest BCUT2D eigenvalue weighted by molar-refractivity contribution is 0.207. The molecule has 100 valence electrons. The molecule has 0 bridgehead atoms. The van der Waals surface area contributed by atoms with Crippen LogP contribution in [-0.4, -0.2) is 6.54 Å². The minimum Gasteiger partial charge on any atom is -0.312 e. The third-order valence-electron chi connectivity index (χ3n) is 3.94. The largest absolute Gasteiger partial charge is 0.312 e. The van der Waals surface area contributed by atoms with Crippen molar-refractivity contribution in [2.24, 2.45) is 5.41 Å². The van der Waals surface area contributed by atoms with Crippen molar-refractivity contribution in [3.63, 3.8) is 0 Å². The molecule has 0 heterocycles. The van der Waals surface area contributed by atoms with Crippen molar-refractivity contribution in [3.8, 4) is 0 Å². The second kappa shape index (κ2) is 6.40. The molecular formula is C15H21BrClN. The number of rotatable bonds is 4. The van der Waals surface area contributed by atoms with E-state index < -0.39 is 0 Å². The summed E-state index contributed by atoms with van der Waals surface area (Å²) >= 11 is 9.59. The Labute approximate surface area is 123 Å². The van der Waals surface area contributed by atoms with Crippen LogP contribution in [0.3, 0.4) is 0 Å². The van der Waals surface area contributed by atoms with E-state index in [2.05, 4.69) is 28.2 Å². The molecule has 0 spiro atoms. The van der Waals surface area contributed by atoms with Gasteiger partial charge in [0.1, 0.15) is 0 Å². The molecule has 1 aliphatic carbocycles. The van der Waals surface area contributed by atoms with E-state index in [1.807, 2.05) is 18.2 Å². The molecule has 1 aliphatic rings. The van der Waals surface area contributed by atoms with Crippen molar-refractivity contribution in [1.82, 2.24) is 5.32 Å². The van der Waals surface area contributed by atoms with Crippen LogP contribution in [0.25, 0.3) is 0 Å². The summed E-state index contributed by atoms with van der Waals surface area (Å²) in [6.07, 6.45) is 6.90. The summed E-state index contributed by atoms with van der Waals surface area (Å²) in [6, 6.07) is 5.96. The second-order valence-corrected chi connectivity index (χ2v) is 7.00.